The zero-order valence-corrected chi connectivity index (χ0v) is 15.0. The number of aryl methyl sites for hydroxylation is 1. The van der Waals surface area contributed by atoms with Crippen molar-refractivity contribution in [2.24, 2.45) is 0 Å². The van der Waals surface area contributed by atoms with E-state index < -0.39 is 0 Å². The van der Waals surface area contributed by atoms with E-state index in [1.807, 2.05) is 25.1 Å². The maximum absolute atomic E-state index is 5.47. The maximum atomic E-state index is 5.47. The Hall–Kier alpha value is -2.34. The van der Waals surface area contributed by atoms with E-state index in [4.69, 9.17) is 14.2 Å². The number of nitrogens with zero attached hydrogens (tertiary/aromatic N) is 2. The third kappa shape index (κ3) is 4.39. The SMILES string of the molecule is COc1ccc(CCNc2cc(C3CCOC3)nc(C)n2)cc1OC. The highest BCUT2D eigenvalue weighted by Gasteiger charge is 2.20. The number of benzene rings is 1. The predicted octanol–water partition coefficient (Wildman–Crippen LogP) is 2.96. The number of ether oxygens (including phenoxy) is 3. The minimum atomic E-state index is 0.382. The molecule has 2 heterocycles. The number of anilines is 1. The van der Waals surface area contributed by atoms with Crippen molar-refractivity contribution in [2.45, 2.75) is 25.7 Å². The van der Waals surface area contributed by atoms with E-state index in [1.54, 1.807) is 14.2 Å². The normalized spacial score (nSPS) is 16.7. The first kappa shape index (κ1) is 17.5. The first-order valence-corrected chi connectivity index (χ1v) is 8.57. The van der Waals surface area contributed by atoms with Crippen LogP contribution in [-0.4, -0.2) is 43.9 Å². The van der Waals surface area contributed by atoms with Gasteiger partial charge in [0, 0.05) is 25.1 Å². The summed E-state index contributed by atoms with van der Waals surface area (Å²) in [5.41, 5.74) is 2.25. The van der Waals surface area contributed by atoms with E-state index in [-0.39, 0.29) is 0 Å². The van der Waals surface area contributed by atoms with Crippen molar-refractivity contribution in [3.8, 4) is 11.5 Å². The molecule has 6 heteroatoms. The molecule has 0 aliphatic carbocycles. The largest absolute Gasteiger partial charge is 0.493 e. The number of aromatic nitrogens is 2. The van der Waals surface area contributed by atoms with Crippen LogP contribution >= 0.6 is 0 Å². The second kappa shape index (κ2) is 8.16. The third-order valence-electron chi connectivity index (χ3n) is 4.37. The van der Waals surface area contributed by atoms with Gasteiger partial charge in [-0.15, -0.1) is 0 Å². The summed E-state index contributed by atoms with van der Waals surface area (Å²) in [4.78, 5) is 9.05. The van der Waals surface area contributed by atoms with E-state index >= 15 is 0 Å². The molecule has 0 bridgehead atoms. The van der Waals surface area contributed by atoms with Gasteiger partial charge in [-0.25, -0.2) is 9.97 Å². The summed E-state index contributed by atoms with van der Waals surface area (Å²) in [5.74, 6) is 3.54. The Bertz CT molecular complexity index is 715. The van der Waals surface area contributed by atoms with Crippen molar-refractivity contribution >= 4 is 5.82 Å². The first-order chi connectivity index (χ1) is 12.2. The van der Waals surface area contributed by atoms with Gasteiger partial charge in [0.1, 0.15) is 11.6 Å². The highest BCUT2D eigenvalue weighted by molar-refractivity contribution is 5.43. The van der Waals surface area contributed by atoms with Crippen LogP contribution in [0.15, 0.2) is 24.3 Å². The zero-order chi connectivity index (χ0) is 17.6. The quantitative estimate of drug-likeness (QED) is 0.834. The lowest BCUT2D eigenvalue weighted by atomic mass is 10.0. The van der Waals surface area contributed by atoms with Gasteiger partial charge in [-0.2, -0.15) is 0 Å². The molecule has 0 radical (unpaired) electrons. The minimum absolute atomic E-state index is 0.382. The lowest BCUT2D eigenvalue weighted by Crippen LogP contribution is -2.10. The van der Waals surface area contributed by atoms with Crippen LogP contribution in [0.1, 0.15) is 29.4 Å². The van der Waals surface area contributed by atoms with Crippen molar-refractivity contribution < 1.29 is 14.2 Å². The van der Waals surface area contributed by atoms with Gasteiger partial charge in [-0.1, -0.05) is 6.07 Å². The fourth-order valence-corrected chi connectivity index (χ4v) is 3.03. The molecule has 1 saturated heterocycles. The van der Waals surface area contributed by atoms with Crippen molar-refractivity contribution in [2.75, 3.05) is 39.3 Å². The van der Waals surface area contributed by atoms with Crippen LogP contribution in [-0.2, 0) is 11.2 Å². The zero-order valence-electron chi connectivity index (χ0n) is 15.0. The molecule has 1 aliphatic heterocycles. The number of hydrogen-bond acceptors (Lipinski definition) is 6. The first-order valence-electron chi connectivity index (χ1n) is 8.57. The van der Waals surface area contributed by atoms with Gasteiger partial charge in [0.15, 0.2) is 11.5 Å². The molecule has 3 rings (SSSR count). The summed E-state index contributed by atoms with van der Waals surface area (Å²) in [7, 11) is 3.29. The molecule has 0 spiro atoms. The molecular weight excluding hydrogens is 318 g/mol. The molecule has 0 amide bonds. The van der Waals surface area contributed by atoms with Gasteiger partial charge in [0.2, 0.25) is 0 Å². The fourth-order valence-electron chi connectivity index (χ4n) is 3.03. The lowest BCUT2D eigenvalue weighted by molar-refractivity contribution is 0.193. The number of nitrogens with one attached hydrogen (secondary N) is 1. The highest BCUT2D eigenvalue weighted by Crippen LogP contribution is 2.28. The van der Waals surface area contributed by atoms with Crippen molar-refractivity contribution in [3.05, 3.63) is 41.3 Å². The van der Waals surface area contributed by atoms with Crippen molar-refractivity contribution in [1.29, 1.82) is 0 Å². The molecular formula is C19H25N3O3. The van der Waals surface area contributed by atoms with Crippen molar-refractivity contribution in [3.63, 3.8) is 0 Å². The molecule has 1 atom stereocenters. The topological polar surface area (TPSA) is 65.5 Å². The fraction of sp³-hybridized carbons (Fsp3) is 0.474. The third-order valence-corrected chi connectivity index (χ3v) is 4.37. The van der Waals surface area contributed by atoms with Gasteiger partial charge in [0.05, 0.1) is 26.5 Å². The van der Waals surface area contributed by atoms with Crippen LogP contribution in [0.25, 0.3) is 0 Å². The molecule has 1 aromatic heterocycles. The second-order valence-electron chi connectivity index (χ2n) is 6.15. The van der Waals surface area contributed by atoms with E-state index in [1.165, 1.54) is 5.56 Å². The molecule has 134 valence electrons. The van der Waals surface area contributed by atoms with E-state index in [2.05, 4.69) is 21.4 Å². The van der Waals surface area contributed by atoms with E-state index in [9.17, 15) is 0 Å². The van der Waals surface area contributed by atoms with Gasteiger partial charge < -0.3 is 19.5 Å². The number of hydrogen-bond donors (Lipinski definition) is 1. The second-order valence-corrected chi connectivity index (χ2v) is 6.15. The van der Waals surface area contributed by atoms with Gasteiger partial charge in [-0.05, 0) is 37.5 Å². The molecule has 25 heavy (non-hydrogen) atoms. The van der Waals surface area contributed by atoms with Gasteiger partial charge >= 0.3 is 0 Å². The summed E-state index contributed by atoms with van der Waals surface area (Å²) in [6.07, 6.45) is 1.90. The summed E-state index contributed by atoms with van der Waals surface area (Å²) in [5, 5.41) is 3.40. The smallest absolute Gasteiger partial charge is 0.160 e. The Morgan fingerprint density at radius 1 is 1.16 bits per heavy atom. The van der Waals surface area contributed by atoms with Crippen LogP contribution < -0.4 is 14.8 Å². The Morgan fingerprint density at radius 3 is 2.72 bits per heavy atom. The number of rotatable bonds is 7. The molecule has 1 aliphatic rings. The summed E-state index contributed by atoms with van der Waals surface area (Å²) in [6.45, 7) is 4.28. The molecule has 0 saturated carbocycles. The van der Waals surface area contributed by atoms with E-state index in [0.717, 1.165) is 61.4 Å². The molecule has 6 nitrogen and oxygen atoms in total. The summed E-state index contributed by atoms with van der Waals surface area (Å²) < 4.78 is 16.1. The molecule has 1 unspecified atom stereocenters. The monoisotopic (exact) mass is 343 g/mol. The van der Waals surface area contributed by atoms with Crippen LogP contribution in [0.2, 0.25) is 0 Å². The van der Waals surface area contributed by atoms with Crippen LogP contribution in [0.5, 0.6) is 11.5 Å². The Balaban J connectivity index is 1.62. The highest BCUT2D eigenvalue weighted by atomic mass is 16.5. The summed E-state index contributed by atoms with van der Waals surface area (Å²) in [6, 6.07) is 8.03. The standard InChI is InChI=1S/C19H25N3O3/c1-13-21-16(15-7-9-25-12-15)11-19(22-13)20-8-6-14-4-5-17(23-2)18(10-14)24-3/h4-5,10-11,15H,6-9,12H2,1-3H3,(H,20,21,22). The Morgan fingerprint density at radius 2 is 2.00 bits per heavy atom. The Kier molecular flexibility index (Phi) is 5.71. The van der Waals surface area contributed by atoms with Gasteiger partial charge in [0.25, 0.3) is 0 Å². The van der Waals surface area contributed by atoms with Crippen molar-refractivity contribution in [1.82, 2.24) is 9.97 Å². The predicted molar refractivity (Wildman–Crippen MR) is 96.7 cm³/mol. The minimum Gasteiger partial charge on any atom is -0.493 e. The Labute approximate surface area is 148 Å². The number of methoxy groups -OCH3 is 2. The summed E-state index contributed by atoms with van der Waals surface area (Å²) >= 11 is 0. The lowest BCUT2D eigenvalue weighted by Gasteiger charge is -2.12. The van der Waals surface area contributed by atoms with E-state index in [0.29, 0.717) is 5.92 Å². The molecule has 1 fully saturated rings. The average Bonchev–Trinajstić information content (AvgIpc) is 3.16. The average molecular weight is 343 g/mol. The van der Waals surface area contributed by atoms with Gasteiger partial charge in [-0.3, -0.25) is 0 Å². The maximum Gasteiger partial charge on any atom is 0.160 e. The van der Waals surface area contributed by atoms with Crippen LogP contribution in [0, 0.1) is 6.92 Å². The van der Waals surface area contributed by atoms with Crippen LogP contribution in [0.4, 0.5) is 5.82 Å². The molecule has 1 N–H and O–H groups in total. The van der Waals surface area contributed by atoms with Crippen LogP contribution in [0.3, 0.4) is 0 Å². The molecule has 2 aromatic rings. The molecule has 1 aromatic carbocycles.